The Hall–Kier alpha value is -1.57. The van der Waals surface area contributed by atoms with Gasteiger partial charge in [0, 0.05) is 6.20 Å². The van der Waals surface area contributed by atoms with Crippen LogP contribution in [0.4, 0.5) is 0 Å². The van der Waals surface area contributed by atoms with Crippen LogP contribution in [0.1, 0.15) is 17.7 Å². The van der Waals surface area contributed by atoms with Gasteiger partial charge >= 0.3 is 0 Å². The van der Waals surface area contributed by atoms with Crippen LogP contribution in [-0.4, -0.2) is 9.78 Å². The van der Waals surface area contributed by atoms with E-state index < -0.39 is 0 Å². The van der Waals surface area contributed by atoms with Crippen molar-refractivity contribution in [1.29, 1.82) is 0 Å². The van der Waals surface area contributed by atoms with Crippen molar-refractivity contribution < 1.29 is 0 Å². The molecule has 1 heterocycles. The zero-order valence-corrected chi connectivity index (χ0v) is 7.98. The Kier molecular flexibility index (Phi) is 1.66. The van der Waals surface area contributed by atoms with Gasteiger partial charge in [-0.2, -0.15) is 5.10 Å². The van der Waals surface area contributed by atoms with Crippen molar-refractivity contribution in [2.45, 2.75) is 19.3 Å². The van der Waals surface area contributed by atoms with E-state index in [0.717, 1.165) is 12.1 Å². The molecule has 3 rings (SSSR count). The van der Waals surface area contributed by atoms with E-state index in [4.69, 9.17) is 0 Å². The van der Waals surface area contributed by atoms with Gasteiger partial charge in [0.25, 0.3) is 0 Å². The molecule has 0 spiro atoms. The third-order valence-corrected chi connectivity index (χ3v) is 2.76. The SMILES string of the molecule is c1ccc(-n2cc3c(n2)CCC3)cc1. The lowest BCUT2D eigenvalue weighted by Crippen LogP contribution is -1.95. The van der Waals surface area contributed by atoms with Crippen LogP contribution in [0, 0.1) is 0 Å². The van der Waals surface area contributed by atoms with Crippen molar-refractivity contribution in [3.8, 4) is 5.69 Å². The van der Waals surface area contributed by atoms with Gasteiger partial charge in [-0.15, -0.1) is 0 Å². The van der Waals surface area contributed by atoms with Crippen LogP contribution in [0.3, 0.4) is 0 Å². The molecule has 70 valence electrons. The van der Waals surface area contributed by atoms with Crippen molar-refractivity contribution in [2.75, 3.05) is 0 Å². The zero-order chi connectivity index (χ0) is 9.38. The molecule has 0 saturated heterocycles. The van der Waals surface area contributed by atoms with Gasteiger partial charge in [0.05, 0.1) is 11.4 Å². The van der Waals surface area contributed by atoms with Gasteiger partial charge in [-0.3, -0.25) is 0 Å². The topological polar surface area (TPSA) is 17.8 Å². The average Bonchev–Trinajstić information content (AvgIpc) is 2.78. The first-order valence-electron chi connectivity index (χ1n) is 5.06. The summed E-state index contributed by atoms with van der Waals surface area (Å²) in [6.07, 6.45) is 5.78. The largest absolute Gasteiger partial charge is 0.240 e. The Morgan fingerprint density at radius 1 is 1.07 bits per heavy atom. The Labute approximate surface area is 83.2 Å². The summed E-state index contributed by atoms with van der Waals surface area (Å²) in [5, 5.41) is 4.58. The minimum absolute atomic E-state index is 1.15. The molecule has 0 radical (unpaired) electrons. The van der Waals surface area contributed by atoms with E-state index in [0.29, 0.717) is 0 Å². The average molecular weight is 184 g/mol. The fraction of sp³-hybridized carbons (Fsp3) is 0.250. The van der Waals surface area contributed by atoms with Gasteiger partial charge in [0.1, 0.15) is 0 Å². The minimum atomic E-state index is 1.15. The fourth-order valence-electron chi connectivity index (χ4n) is 2.02. The summed E-state index contributed by atoms with van der Waals surface area (Å²) in [6, 6.07) is 10.3. The Morgan fingerprint density at radius 3 is 2.71 bits per heavy atom. The standard InChI is InChI=1S/C12H12N2/c1-2-6-11(7-3-1)14-9-10-5-4-8-12(10)13-14/h1-3,6-7,9H,4-5,8H2. The lowest BCUT2D eigenvalue weighted by molar-refractivity contribution is 0.801. The molecule has 2 nitrogen and oxygen atoms in total. The number of fused-ring (bicyclic) bond motifs is 1. The number of hydrogen-bond donors (Lipinski definition) is 0. The Morgan fingerprint density at radius 2 is 1.93 bits per heavy atom. The maximum Gasteiger partial charge on any atom is 0.0661 e. The predicted octanol–water partition coefficient (Wildman–Crippen LogP) is 2.36. The van der Waals surface area contributed by atoms with Crippen molar-refractivity contribution in [2.24, 2.45) is 0 Å². The van der Waals surface area contributed by atoms with E-state index in [-0.39, 0.29) is 0 Å². The summed E-state index contributed by atoms with van der Waals surface area (Å²) < 4.78 is 1.99. The molecule has 1 aromatic carbocycles. The summed E-state index contributed by atoms with van der Waals surface area (Å²) in [5.74, 6) is 0. The number of aryl methyl sites for hydroxylation is 2. The molecule has 2 heteroatoms. The smallest absolute Gasteiger partial charge is 0.0661 e. The normalized spacial score (nSPS) is 14.3. The number of nitrogens with zero attached hydrogens (tertiary/aromatic N) is 2. The third-order valence-electron chi connectivity index (χ3n) is 2.76. The maximum absolute atomic E-state index is 4.58. The second-order valence-corrected chi connectivity index (χ2v) is 3.73. The number of para-hydroxylation sites is 1. The summed E-state index contributed by atoms with van der Waals surface area (Å²) in [4.78, 5) is 0. The number of benzene rings is 1. The first-order chi connectivity index (χ1) is 6.93. The van der Waals surface area contributed by atoms with Crippen LogP contribution in [0.5, 0.6) is 0 Å². The Balaban J connectivity index is 2.06. The van der Waals surface area contributed by atoms with Crippen LogP contribution in [0.15, 0.2) is 36.5 Å². The first kappa shape index (κ1) is 7.80. The molecule has 1 aliphatic carbocycles. The molecule has 14 heavy (non-hydrogen) atoms. The van der Waals surface area contributed by atoms with Crippen LogP contribution in [0.25, 0.3) is 5.69 Å². The second kappa shape index (κ2) is 2.98. The highest BCUT2D eigenvalue weighted by Gasteiger charge is 2.15. The maximum atomic E-state index is 4.58. The molecule has 0 N–H and O–H groups in total. The Bertz CT molecular complexity index is 421. The van der Waals surface area contributed by atoms with E-state index in [1.165, 1.54) is 24.1 Å². The van der Waals surface area contributed by atoms with Gasteiger partial charge in [-0.05, 0) is 37.0 Å². The summed E-state index contributed by atoms with van der Waals surface area (Å²) >= 11 is 0. The first-order valence-corrected chi connectivity index (χ1v) is 5.06. The molecule has 1 aromatic heterocycles. The van der Waals surface area contributed by atoms with Crippen LogP contribution in [-0.2, 0) is 12.8 Å². The number of aromatic nitrogens is 2. The highest BCUT2D eigenvalue weighted by atomic mass is 15.3. The van der Waals surface area contributed by atoms with Gasteiger partial charge in [0.15, 0.2) is 0 Å². The van der Waals surface area contributed by atoms with Crippen LogP contribution < -0.4 is 0 Å². The van der Waals surface area contributed by atoms with E-state index >= 15 is 0 Å². The van der Waals surface area contributed by atoms with Crippen molar-refractivity contribution in [3.63, 3.8) is 0 Å². The molecule has 2 aromatic rings. The lowest BCUT2D eigenvalue weighted by atomic mass is 10.3. The molecule has 1 aliphatic rings. The van der Waals surface area contributed by atoms with Crippen LogP contribution in [0.2, 0.25) is 0 Å². The molecular weight excluding hydrogens is 172 g/mol. The van der Waals surface area contributed by atoms with Crippen molar-refractivity contribution in [3.05, 3.63) is 47.8 Å². The molecule has 0 fully saturated rings. The minimum Gasteiger partial charge on any atom is -0.240 e. The molecule has 0 unspecified atom stereocenters. The molecular formula is C12H12N2. The quantitative estimate of drug-likeness (QED) is 0.665. The molecule has 0 atom stereocenters. The number of hydrogen-bond acceptors (Lipinski definition) is 1. The van der Waals surface area contributed by atoms with Gasteiger partial charge in [0.2, 0.25) is 0 Å². The monoisotopic (exact) mass is 184 g/mol. The molecule has 0 saturated carbocycles. The second-order valence-electron chi connectivity index (χ2n) is 3.73. The predicted molar refractivity (Wildman–Crippen MR) is 55.6 cm³/mol. The zero-order valence-electron chi connectivity index (χ0n) is 7.98. The summed E-state index contributed by atoms with van der Waals surface area (Å²) in [6.45, 7) is 0. The van der Waals surface area contributed by atoms with Gasteiger partial charge in [-0.1, -0.05) is 18.2 Å². The van der Waals surface area contributed by atoms with E-state index in [9.17, 15) is 0 Å². The van der Waals surface area contributed by atoms with Gasteiger partial charge < -0.3 is 0 Å². The van der Waals surface area contributed by atoms with E-state index in [2.05, 4.69) is 23.4 Å². The fourth-order valence-corrected chi connectivity index (χ4v) is 2.02. The van der Waals surface area contributed by atoms with Gasteiger partial charge in [-0.25, -0.2) is 4.68 Å². The highest BCUT2D eigenvalue weighted by Crippen LogP contribution is 2.21. The highest BCUT2D eigenvalue weighted by molar-refractivity contribution is 5.33. The summed E-state index contributed by atoms with van der Waals surface area (Å²) in [5.41, 5.74) is 3.87. The third kappa shape index (κ3) is 1.15. The van der Waals surface area contributed by atoms with E-state index in [1.807, 2.05) is 22.9 Å². The van der Waals surface area contributed by atoms with Crippen molar-refractivity contribution >= 4 is 0 Å². The molecule has 0 amide bonds. The lowest BCUT2D eigenvalue weighted by Gasteiger charge is -1.99. The van der Waals surface area contributed by atoms with E-state index in [1.54, 1.807) is 0 Å². The summed E-state index contributed by atoms with van der Waals surface area (Å²) in [7, 11) is 0. The van der Waals surface area contributed by atoms with Crippen molar-refractivity contribution in [1.82, 2.24) is 9.78 Å². The van der Waals surface area contributed by atoms with Crippen LogP contribution >= 0.6 is 0 Å². The molecule has 0 aliphatic heterocycles. The number of rotatable bonds is 1. The molecule has 0 bridgehead atoms.